The Labute approximate surface area is 180 Å². The molecule has 1 aromatic carbocycles. The number of hydrogen-bond acceptors (Lipinski definition) is 4. The van der Waals surface area contributed by atoms with E-state index >= 15 is 0 Å². The highest BCUT2D eigenvalue weighted by atomic mass is 35.5. The lowest BCUT2D eigenvalue weighted by atomic mass is 10.3. The number of urea groups is 1. The molecule has 2 rings (SSSR count). The fourth-order valence-corrected chi connectivity index (χ4v) is 2.94. The zero-order chi connectivity index (χ0) is 22.3. The first-order chi connectivity index (χ1) is 14.2. The second-order valence-corrected chi connectivity index (χ2v) is 7.51. The Kier molecular flexibility index (Phi) is 8.68. The third kappa shape index (κ3) is 6.74. The Morgan fingerprint density at radius 3 is 2.57 bits per heavy atom. The summed E-state index contributed by atoms with van der Waals surface area (Å²) < 4.78 is 24.0. The number of furan rings is 1. The lowest BCUT2D eigenvalue weighted by Crippen LogP contribution is -2.47. The van der Waals surface area contributed by atoms with Gasteiger partial charge in [-0.05, 0) is 51.1 Å². The molecule has 0 saturated carbocycles. The summed E-state index contributed by atoms with van der Waals surface area (Å²) in [4.78, 5) is 28.7. The van der Waals surface area contributed by atoms with E-state index in [9.17, 15) is 14.0 Å². The van der Waals surface area contributed by atoms with Crippen LogP contribution >= 0.6 is 11.6 Å². The van der Waals surface area contributed by atoms with Gasteiger partial charge in [0.25, 0.3) is 0 Å². The summed E-state index contributed by atoms with van der Waals surface area (Å²) in [5.74, 6) is 0.582. The van der Waals surface area contributed by atoms with Crippen LogP contribution in [0, 0.1) is 12.7 Å². The standard InChI is InChI=1S/C21H27ClFN3O4/c1-14(2)26(21(28)24-16-6-8-19(23)18(22)11-16)13-20(27)25(9-10-29-4)12-17-7-5-15(3)30-17/h5-8,11,14H,9-10,12-13H2,1-4H3,(H,24,28). The van der Waals surface area contributed by atoms with Gasteiger partial charge in [0.15, 0.2) is 0 Å². The summed E-state index contributed by atoms with van der Waals surface area (Å²) in [6.45, 7) is 6.29. The van der Waals surface area contributed by atoms with Crippen molar-refractivity contribution in [3.63, 3.8) is 0 Å². The summed E-state index contributed by atoms with van der Waals surface area (Å²) in [5, 5.41) is 2.56. The third-order valence-corrected chi connectivity index (χ3v) is 4.71. The summed E-state index contributed by atoms with van der Waals surface area (Å²) in [7, 11) is 1.56. The molecule has 1 N–H and O–H groups in total. The van der Waals surface area contributed by atoms with Gasteiger partial charge >= 0.3 is 6.03 Å². The van der Waals surface area contributed by atoms with Crippen molar-refractivity contribution in [3.05, 3.63) is 52.7 Å². The van der Waals surface area contributed by atoms with E-state index in [0.29, 0.717) is 24.6 Å². The molecule has 0 fully saturated rings. The fourth-order valence-electron chi connectivity index (χ4n) is 2.76. The molecule has 0 aliphatic carbocycles. The maximum absolute atomic E-state index is 13.3. The summed E-state index contributed by atoms with van der Waals surface area (Å²) in [6, 6.07) is 6.80. The van der Waals surface area contributed by atoms with Gasteiger partial charge in [-0.25, -0.2) is 9.18 Å². The zero-order valence-electron chi connectivity index (χ0n) is 17.6. The van der Waals surface area contributed by atoms with Gasteiger partial charge in [-0.3, -0.25) is 4.79 Å². The number of carbonyl (C=O) groups excluding carboxylic acids is 2. The second kappa shape index (κ2) is 11.0. The van der Waals surface area contributed by atoms with E-state index in [1.165, 1.54) is 23.1 Å². The molecular formula is C21H27ClFN3O4. The highest BCUT2D eigenvalue weighted by Gasteiger charge is 2.24. The van der Waals surface area contributed by atoms with Crippen molar-refractivity contribution in [1.82, 2.24) is 9.80 Å². The molecule has 0 aliphatic rings. The van der Waals surface area contributed by atoms with Crippen LogP contribution in [-0.2, 0) is 16.1 Å². The number of halogens is 2. The first-order valence-electron chi connectivity index (χ1n) is 9.56. The van der Waals surface area contributed by atoms with E-state index < -0.39 is 11.8 Å². The number of rotatable bonds is 9. The maximum atomic E-state index is 13.3. The molecule has 164 valence electrons. The molecule has 2 aromatic rings. The Hall–Kier alpha value is -2.58. The van der Waals surface area contributed by atoms with Crippen molar-refractivity contribution in [2.45, 2.75) is 33.4 Å². The van der Waals surface area contributed by atoms with Crippen molar-refractivity contribution >= 4 is 29.2 Å². The molecule has 7 nitrogen and oxygen atoms in total. The minimum Gasteiger partial charge on any atom is -0.464 e. The van der Waals surface area contributed by atoms with Gasteiger partial charge in [-0.1, -0.05) is 11.6 Å². The molecule has 0 atom stereocenters. The molecule has 0 spiro atoms. The molecule has 3 amide bonds. The van der Waals surface area contributed by atoms with Gasteiger partial charge < -0.3 is 24.3 Å². The Morgan fingerprint density at radius 2 is 2.00 bits per heavy atom. The van der Waals surface area contributed by atoms with Gasteiger partial charge in [0.2, 0.25) is 5.91 Å². The number of ether oxygens (including phenoxy) is 1. The van der Waals surface area contributed by atoms with E-state index in [2.05, 4.69) is 5.32 Å². The predicted octanol–water partition coefficient (Wildman–Crippen LogP) is 4.30. The van der Waals surface area contributed by atoms with Crippen LogP contribution in [0.5, 0.6) is 0 Å². The van der Waals surface area contributed by atoms with Crippen molar-refractivity contribution in [1.29, 1.82) is 0 Å². The molecule has 0 saturated heterocycles. The maximum Gasteiger partial charge on any atom is 0.322 e. The van der Waals surface area contributed by atoms with Gasteiger partial charge in [-0.15, -0.1) is 0 Å². The largest absolute Gasteiger partial charge is 0.464 e. The predicted molar refractivity (Wildman–Crippen MR) is 113 cm³/mol. The molecule has 0 unspecified atom stereocenters. The van der Waals surface area contributed by atoms with Crippen LogP contribution in [0.25, 0.3) is 0 Å². The third-order valence-electron chi connectivity index (χ3n) is 4.42. The van der Waals surface area contributed by atoms with Crippen LogP contribution < -0.4 is 5.32 Å². The highest BCUT2D eigenvalue weighted by Crippen LogP contribution is 2.20. The number of anilines is 1. The smallest absolute Gasteiger partial charge is 0.322 e. The van der Waals surface area contributed by atoms with E-state index in [0.717, 1.165) is 5.76 Å². The fraction of sp³-hybridized carbons (Fsp3) is 0.429. The van der Waals surface area contributed by atoms with Gasteiger partial charge in [0.1, 0.15) is 23.9 Å². The van der Waals surface area contributed by atoms with Crippen molar-refractivity contribution in [3.8, 4) is 0 Å². The number of methoxy groups -OCH3 is 1. The summed E-state index contributed by atoms with van der Waals surface area (Å²) in [5.41, 5.74) is 0.340. The number of nitrogens with one attached hydrogen (secondary N) is 1. The lowest BCUT2D eigenvalue weighted by Gasteiger charge is -2.29. The van der Waals surface area contributed by atoms with Crippen LogP contribution in [-0.4, -0.2) is 54.6 Å². The van der Waals surface area contributed by atoms with Crippen LogP contribution in [0.3, 0.4) is 0 Å². The van der Waals surface area contributed by atoms with Crippen LogP contribution in [0.15, 0.2) is 34.7 Å². The number of hydrogen-bond donors (Lipinski definition) is 1. The average molecular weight is 440 g/mol. The molecule has 9 heteroatoms. The molecular weight excluding hydrogens is 413 g/mol. The summed E-state index contributed by atoms with van der Waals surface area (Å²) >= 11 is 5.77. The van der Waals surface area contributed by atoms with Crippen molar-refractivity contribution < 1.29 is 23.1 Å². The highest BCUT2D eigenvalue weighted by molar-refractivity contribution is 6.31. The quantitative estimate of drug-likeness (QED) is 0.632. The minimum absolute atomic E-state index is 0.0977. The first kappa shape index (κ1) is 23.7. The Balaban J connectivity index is 2.09. The van der Waals surface area contributed by atoms with Crippen LogP contribution in [0.2, 0.25) is 5.02 Å². The Bertz CT molecular complexity index is 872. The zero-order valence-corrected chi connectivity index (χ0v) is 18.3. The van der Waals surface area contributed by atoms with Crippen molar-refractivity contribution in [2.24, 2.45) is 0 Å². The van der Waals surface area contributed by atoms with E-state index in [4.69, 9.17) is 20.8 Å². The van der Waals surface area contributed by atoms with E-state index in [1.54, 1.807) is 25.9 Å². The van der Waals surface area contributed by atoms with Gasteiger partial charge in [0.05, 0.1) is 18.2 Å². The van der Waals surface area contributed by atoms with Gasteiger partial charge in [-0.2, -0.15) is 0 Å². The number of benzene rings is 1. The molecule has 1 heterocycles. The topological polar surface area (TPSA) is 75.0 Å². The second-order valence-electron chi connectivity index (χ2n) is 7.10. The lowest BCUT2D eigenvalue weighted by molar-refractivity contribution is -0.133. The molecule has 0 aliphatic heterocycles. The van der Waals surface area contributed by atoms with E-state index in [-0.39, 0.29) is 30.1 Å². The SMILES string of the molecule is COCCN(Cc1ccc(C)o1)C(=O)CN(C(=O)Nc1ccc(F)c(Cl)c1)C(C)C. The minimum atomic E-state index is -0.576. The monoisotopic (exact) mass is 439 g/mol. The molecule has 30 heavy (non-hydrogen) atoms. The van der Waals surface area contributed by atoms with Crippen LogP contribution in [0.1, 0.15) is 25.4 Å². The van der Waals surface area contributed by atoms with Crippen molar-refractivity contribution in [2.75, 3.05) is 32.1 Å². The first-order valence-corrected chi connectivity index (χ1v) is 9.93. The van der Waals surface area contributed by atoms with Crippen LogP contribution in [0.4, 0.5) is 14.9 Å². The van der Waals surface area contributed by atoms with Gasteiger partial charge in [0, 0.05) is 25.4 Å². The average Bonchev–Trinajstić information content (AvgIpc) is 3.10. The molecule has 1 aromatic heterocycles. The molecule has 0 radical (unpaired) electrons. The Morgan fingerprint density at radius 1 is 1.27 bits per heavy atom. The summed E-state index contributed by atoms with van der Waals surface area (Å²) in [6.07, 6.45) is 0. The van der Waals surface area contributed by atoms with E-state index in [1.807, 2.05) is 19.1 Å². The number of nitrogens with zero attached hydrogens (tertiary/aromatic N) is 2. The number of aryl methyl sites for hydroxylation is 1. The number of carbonyl (C=O) groups is 2. The number of amides is 3. The molecule has 0 bridgehead atoms. The normalized spacial score (nSPS) is 10.9.